The van der Waals surface area contributed by atoms with E-state index in [-0.39, 0.29) is 10.6 Å². The minimum Gasteiger partial charge on any atom is -0.361 e. The van der Waals surface area contributed by atoms with Crippen molar-refractivity contribution < 1.29 is 4.92 Å². The maximum Gasteiger partial charge on any atom is 0.278 e. The van der Waals surface area contributed by atoms with Crippen molar-refractivity contribution in [3.63, 3.8) is 0 Å². The zero-order chi connectivity index (χ0) is 14.3. The van der Waals surface area contributed by atoms with Gasteiger partial charge in [0.2, 0.25) is 0 Å². The summed E-state index contributed by atoms with van der Waals surface area (Å²) >= 11 is 6.68. The van der Waals surface area contributed by atoms with Crippen molar-refractivity contribution in [2.24, 2.45) is 0 Å². The number of aromatic nitrogens is 1. The Morgan fingerprint density at radius 3 is 2.45 bits per heavy atom. The third-order valence-corrected chi connectivity index (χ3v) is 4.08. The van der Waals surface area contributed by atoms with Crippen molar-refractivity contribution >= 4 is 48.5 Å². The first kappa shape index (κ1) is 13.3. The van der Waals surface area contributed by atoms with Gasteiger partial charge in [-0.1, -0.05) is 37.9 Å². The molecule has 6 heteroatoms. The second kappa shape index (κ2) is 5.03. The topological polar surface area (TPSA) is 58.9 Å². The van der Waals surface area contributed by atoms with Crippen molar-refractivity contribution in [2.45, 2.75) is 0 Å². The largest absolute Gasteiger partial charge is 0.361 e. The summed E-state index contributed by atoms with van der Waals surface area (Å²) in [7, 11) is 0. The monoisotopic (exact) mass is 394 g/mol. The molecule has 0 spiro atoms. The van der Waals surface area contributed by atoms with Gasteiger partial charge >= 0.3 is 0 Å². The number of hydrogen-bond acceptors (Lipinski definition) is 2. The number of benzene rings is 2. The van der Waals surface area contributed by atoms with E-state index in [1.54, 1.807) is 18.3 Å². The van der Waals surface area contributed by atoms with E-state index in [1.807, 2.05) is 18.2 Å². The summed E-state index contributed by atoms with van der Waals surface area (Å²) < 4.78 is 1.65. The highest BCUT2D eigenvalue weighted by Crippen LogP contribution is 2.37. The Labute approximate surface area is 131 Å². The second-order valence-electron chi connectivity index (χ2n) is 4.31. The standard InChI is InChI=1S/C14H8Br2N2O2/c15-8-1-3-10-12(7-17-13(10)5-8)11-4-2-9(16)6-14(11)18(19)20/h1-7,17H. The Balaban J connectivity index is 2.28. The minimum atomic E-state index is -0.363. The van der Waals surface area contributed by atoms with Gasteiger partial charge in [-0.25, -0.2) is 0 Å². The van der Waals surface area contributed by atoms with Gasteiger partial charge in [-0.15, -0.1) is 0 Å². The molecule has 3 aromatic rings. The maximum atomic E-state index is 11.2. The number of hydrogen-bond donors (Lipinski definition) is 1. The predicted octanol–water partition coefficient (Wildman–Crippen LogP) is 5.27. The normalized spacial score (nSPS) is 10.9. The van der Waals surface area contributed by atoms with Gasteiger partial charge in [-0.05, 0) is 24.3 Å². The molecule has 0 aliphatic carbocycles. The van der Waals surface area contributed by atoms with Crippen LogP contribution in [0.25, 0.3) is 22.0 Å². The van der Waals surface area contributed by atoms with Gasteiger partial charge in [0.25, 0.3) is 5.69 Å². The van der Waals surface area contributed by atoms with Gasteiger partial charge in [-0.3, -0.25) is 10.1 Å². The molecule has 100 valence electrons. The van der Waals surface area contributed by atoms with E-state index in [0.717, 1.165) is 20.9 Å². The van der Waals surface area contributed by atoms with E-state index in [1.165, 1.54) is 6.07 Å². The fourth-order valence-electron chi connectivity index (χ4n) is 2.20. The van der Waals surface area contributed by atoms with Crippen LogP contribution >= 0.6 is 31.9 Å². The smallest absolute Gasteiger partial charge is 0.278 e. The molecule has 0 saturated heterocycles. The van der Waals surface area contributed by atoms with Crippen LogP contribution in [0.5, 0.6) is 0 Å². The van der Waals surface area contributed by atoms with Gasteiger partial charge < -0.3 is 4.98 Å². The van der Waals surface area contributed by atoms with Gasteiger partial charge in [0, 0.05) is 37.7 Å². The molecule has 0 bridgehead atoms. The zero-order valence-electron chi connectivity index (χ0n) is 10.1. The van der Waals surface area contributed by atoms with Crippen molar-refractivity contribution in [2.75, 3.05) is 0 Å². The number of rotatable bonds is 2. The van der Waals surface area contributed by atoms with E-state index >= 15 is 0 Å². The number of H-pyrrole nitrogens is 1. The third kappa shape index (κ3) is 2.25. The van der Waals surface area contributed by atoms with Crippen LogP contribution in [0.1, 0.15) is 0 Å². The molecule has 0 aliphatic heterocycles. The molecule has 0 atom stereocenters. The molecule has 0 fully saturated rings. The molecule has 2 aromatic carbocycles. The van der Waals surface area contributed by atoms with E-state index < -0.39 is 0 Å². The highest BCUT2D eigenvalue weighted by molar-refractivity contribution is 9.10. The van der Waals surface area contributed by atoms with Crippen LogP contribution in [0.3, 0.4) is 0 Å². The zero-order valence-corrected chi connectivity index (χ0v) is 13.2. The molecule has 0 unspecified atom stereocenters. The van der Waals surface area contributed by atoms with Crippen molar-refractivity contribution in [1.82, 2.24) is 4.98 Å². The summed E-state index contributed by atoms with van der Waals surface area (Å²) in [6.07, 6.45) is 1.80. The Hall–Kier alpha value is -1.66. The first-order valence-electron chi connectivity index (χ1n) is 5.77. The Kier molecular flexibility index (Phi) is 3.35. The van der Waals surface area contributed by atoms with Crippen LogP contribution in [0, 0.1) is 10.1 Å². The van der Waals surface area contributed by atoms with E-state index in [4.69, 9.17) is 0 Å². The number of nitro groups is 1. The molecule has 1 N–H and O–H groups in total. The fourth-order valence-corrected chi connectivity index (χ4v) is 2.91. The molecule has 4 nitrogen and oxygen atoms in total. The molecule has 0 aliphatic rings. The summed E-state index contributed by atoms with van der Waals surface area (Å²) in [6, 6.07) is 10.9. The maximum absolute atomic E-state index is 11.2. The van der Waals surface area contributed by atoms with Crippen molar-refractivity contribution in [3.8, 4) is 11.1 Å². The van der Waals surface area contributed by atoms with Crippen molar-refractivity contribution in [3.05, 3.63) is 61.7 Å². The lowest BCUT2D eigenvalue weighted by molar-refractivity contribution is -0.384. The lowest BCUT2D eigenvalue weighted by atomic mass is 10.0. The highest BCUT2D eigenvalue weighted by Gasteiger charge is 2.18. The molecule has 1 heterocycles. The van der Waals surface area contributed by atoms with E-state index in [2.05, 4.69) is 36.8 Å². The Bertz CT molecular complexity index is 827. The first-order valence-corrected chi connectivity index (χ1v) is 7.36. The number of nitrogens with one attached hydrogen (secondary N) is 1. The molecular weight excluding hydrogens is 388 g/mol. The minimum absolute atomic E-state index is 0.0863. The van der Waals surface area contributed by atoms with Crippen LogP contribution < -0.4 is 0 Å². The quantitative estimate of drug-likeness (QED) is 0.474. The van der Waals surface area contributed by atoms with Crippen molar-refractivity contribution in [1.29, 1.82) is 0 Å². The van der Waals surface area contributed by atoms with Crippen LogP contribution in [-0.4, -0.2) is 9.91 Å². The molecule has 0 radical (unpaired) electrons. The van der Waals surface area contributed by atoms with Crippen LogP contribution in [0.4, 0.5) is 5.69 Å². The first-order chi connectivity index (χ1) is 9.56. The highest BCUT2D eigenvalue weighted by atomic mass is 79.9. The van der Waals surface area contributed by atoms with E-state index in [0.29, 0.717) is 10.0 Å². The Morgan fingerprint density at radius 2 is 1.70 bits per heavy atom. The summed E-state index contributed by atoms with van der Waals surface area (Å²) in [6.45, 7) is 0. The number of nitro benzene ring substituents is 1. The Morgan fingerprint density at radius 1 is 1.00 bits per heavy atom. The van der Waals surface area contributed by atoms with Gasteiger partial charge in [-0.2, -0.15) is 0 Å². The predicted molar refractivity (Wildman–Crippen MR) is 85.8 cm³/mol. The third-order valence-electron chi connectivity index (χ3n) is 3.09. The summed E-state index contributed by atoms with van der Waals surface area (Å²) in [5.74, 6) is 0. The second-order valence-corrected chi connectivity index (χ2v) is 6.14. The summed E-state index contributed by atoms with van der Waals surface area (Å²) in [5, 5.41) is 12.2. The molecule has 20 heavy (non-hydrogen) atoms. The number of halogens is 2. The number of aromatic amines is 1. The lowest BCUT2D eigenvalue weighted by Crippen LogP contribution is -1.91. The van der Waals surface area contributed by atoms with Gasteiger partial charge in [0.15, 0.2) is 0 Å². The summed E-state index contributed by atoms with van der Waals surface area (Å²) in [4.78, 5) is 14.0. The molecule has 0 amide bonds. The van der Waals surface area contributed by atoms with Crippen LogP contribution in [0.15, 0.2) is 51.5 Å². The fraction of sp³-hybridized carbons (Fsp3) is 0. The van der Waals surface area contributed by atoms with Crippen LogP contribution in [-0.2, 0) is 0 Å². The number of nitrogens with zero attached hydrogens (tertiary/aromatic N) is 1. The van der Waals surface area contributed by atoms with E-state index in [9.17, 15) is 10.1 Å². The van der Waals surface area contributed by atoms with Crippen LogP contribution in [0.2, 0.25) is 0 Å². The van der Waals surface area contributed by atoms with Gasteiger partial charge in [0.1, 0.15) is 0 Å². The SMILES string of the molecule is O=[N+]([O-])c1cc(Br)ccc1-c1c[nH]c2cc(Br)ccc12. The number of fused-ring (bicyclic) bond motifs is 1. The van der Waals surface area contributed by atoms with Gasteiger partial charge in [0.05, 0.1) is 10.5 Å². The average Bonchev–Trinajstić information content (AvgIpc) is 2.81. The lowest BCUT2D eigenvalue weighted by Gasteiger charge is -2.03. The molecule has 3 rings (SSSR count). The molecule has 1 aromatic heterocycles. The molecular formula is C14H8Br2N2O2. The molecule has 0 saturated carbocycles. The summed E-state index contributed by atoms with van der Waals surface area (Å²) in [5.41, 5.74) is 2.45. The average molecular weight is 396 g/mol.